The number of carbonyl (C=O) groups is 2. The molecule has 0 saturated carbocycles. The Morgan fingerprint density at radius 1 is 1.26 bits per heavy atom. The number of carbonyl (C=O) groups excluding carboxylic acids is 1. The number of carboxylic acids is 1. The van der Waals surface area contributed by atoms with Crippen LogP contribution >= 0.6 is 0 Å². The molecule has 2 N–H and O–H groups in total. The van der Waals surface area contributed by atoms with Crippen LogP contribution in [0.5, 0.6) is 0 Å². The van der Waals surface area contributed by atoms with Crippen molar-refractivity contribution in [3.63, 3.8) is 0 Å². The van der Waals surface area contributed by atoms with Crippen LogP contribution in [0, 0.1) is 5.41 Å². The number of carboxylic acid groups (broad SMARTS) is 1. The molecule has 0 radical (unpaired) electrons. The number of amides is 1. The maximum Gasteiger partial charge on any atom is 0.309 e. The maximum absolute atomic E-state index is 11.9. The summed E-state index contributed by atoms with van der Waals surface area (Å²) in [5.41, 5.74) is 0.486. The summed E-state index contributed by atoms with van der Waals surface area (Å²) in [4.78, 5) is 24.8. The number of benzene rings is 1. The third-order valence-corrected chi connectivity index (χ3v) is 2.84. The third-order valence-electron chi connectivity index (χ3n) is 2.84. The van der Waals surface area contributed by atoms with Crippen molar-refractivity contribution in [2.24, 2.45) is 5.41 Å². The van der Waals surface area contributed by atoms with E-state index in [0.29, 0.717) is 5.69 Å². The number of hydrogen-bond donors (Lipinski definition) is 2. The zero-order valence-electron chi connectivity index (χ0n) is 11.7. The molecule has 0 bridgehead atoms. The Morgan fingerprint density at radius 2 is 1.84 bits per heavy atom. The lowest BCUT2D eigenvalue weighted by atomic mass is 9.89. The molecule has 5 heteroatoms. The van der Waals surface area contributed by atoms with Crippen molar-refractivity contribution in [1.29, 1.82) is 0 Å². The van der Waals surface area contributed by atoms with Crippen LogP contribution in [-0.4, -0.2) is 31.1 Å². The van der Waals surface area contributed by atoms with E-state index in [0.717, 1.165) is 5.69 Å². The number of rotatable bonds is 5. The van der Waals surface area contributed by atoms with Crippen molar-refractivity contribution in [3.05, 3.63) is 24.3 Å². The van der Waals surface area contributed by atoms with Crippen LogP contribution in [0.25, 0.3) is 0 Å². The molecule has 0 aliphatic carbocycles. The molecule has 1 aromatic carbocycles. The summed E-state index contributed by atoms with van der Waals surface area (Å²) in [6.07, 6.45) is -0.0654. The van der Waals surface area contributed by atoms with Gasteiger partial charge in [0.1, 0.15) is 0 Å². The summed E-state index contributed by atoms with van der Waals surface area (Å²) in [5.74, 6) is -1.29. The number of aliphatic carboxylic acids is 1. The lowest BCUT2D eigenvalue weighted by Gasteiger charge is -2.21. The Kier molecular flexibility index (Phi) is 4.53. The first kappa shape index (κ1) is 15.0. The molecule has 0 aliphatic heterocycles. The van der Waals surface area contributed by atoms with Gasteiger partial charge in [0, 0.05) is 20.5 Å². The molecule has 0 aliphatic rings. The Labute approximate surface area is 113 Å². The first-order chi connectivity index (χ1) is 8.74. The quantitative estimate of drug-likeness (QED) is 0.855. The van der Waals surface area contributed by atoms with Gasteiger partial charge in [-0.3, -0.25) is 9.59 Å². The molecule has 0 fully saturated rings. The minimum absolute atomic E-state index is 0.0654. The molecule has 1 aromatic rings. The predicted molar refractivity (Wildman–Crippen MR) is 75.4 cm³/mol. The minimum atomic E-state index is -1.07. The second-order valence-corrected chi connectivity index (χ2v) is 5.33. The molecule has 0 unspecified atom stereocenters. The van der Waals surface area contributed by atoms with E-state index in [1.54, 1.807) is 6.07 Å². The third kappa shape index (κ3) is 3.98. The topological polar surface area (TPSA) is 69.6 Å². The molecule has 0 spiro atoms. The van der Waals surface area contributed by atoms with E-state index in [1.165, 1.54) is 13.8 Å². The summed E-state index contributed by atoms with van der Waals surface area (Å²) in [6.45, 7) is 3.07. The molecule has 1 rings (SSSR count). The van der Waals surface area contributed by atoms with Crippen LogP contribution in [-0.2, 0) is 9.59 Å². The zero-order valence-corrected chi connectivity index (χ0v) is 11.7. The SMILES string of the molecule is CN(C)c1ccccc1NC(=O)CC(C)(C)C(=O)O. The molecular formula is C14H20N2O3. The van der Waals surface area contributed by atoms with Gasteiger partial charge in [-0.25, -0.2) is 0 Å². The molecule has 1 amide bonds. The molecule has 5 nitrogen and oxygen atoms in total. The van der Waals surface area contributed by atoms with Gasteiger partial charge in [-0.05, 0) is 26.0 Å². The van der Waals surface area contributed by atoms with Crippen LogP contribution in [0.15, 0.2) is 24.3 Å². The molecule has 0 atom stereocenters. The highest BCUT2D eigenvalue weighted by Crippen LogP contribution is 2.26. The van der Waals surface area contributed by atoms with Crippen LogP contribution < -0.4 is 10.2 Å². The van der Waals surface area contributed by atoms with Crippen LogP contribution in [0.1, 0.15) is 20.3 Å². The second kappa shape index (κ2) is 5.73. The lowest BCUT2D eigenvalue weighted by Crippen LogP contribution is -2.29. The van der Waals surface area contributed by atoms with Crippen molar-refractivity contribution in [1.82, 2.24) is 0 Å². The summed E-state index contributed by atoms with van der Waals surface area (Å²) in [5, 5.41) is 11.8. The van der Waals surface area contributed by atoms with Gasteiger partial charge in [0.2, 0.25) is 5.91 Å². The molecule has 0 aromatic heterocycles. The highest BCUT2D eigenvalue weighted by Gasteiger charge is 2.30. The van der Waals surface area contributed by atoms with E-state index in [1.807, 2.05) is 37.2 Å². The average Bonchev–Trinajstić information content (AvgIpc) is 2.28. The zero-order chi connectivity index (χ0) is 14.6. The summed E-state index contributed by atoms with van der Waals surface area (Å²) >= 11 is 0. The maximum atomic E-state index is 11.9. The molecular weight excluding hydrogens is 244 g/mol. The fourth-order valence-corrected chi connectivity index (χ4v) is 1.64. The number of hydrogen-bond acceptors (Lipinski definition) is 3. The van der Waals surface area contributed by atoms with Gasteiger partial charge < -0.3 is 15.3 Å². The minimum Gasteiger partial charge on any atom is -0.481 e. The van der Waals surface area contributed by atoms with Gasteiger partial charge >= 0.3 is 5.97 Å². The lowest BCUT2D eigenvalue weighted by molar-refractivity contribution is -0.148. The Morgan fingerprint density at radius 3 is 2.37 bits per heavy atom. The Hall–Kier alpha value is -2.04. The largest absolute Gasteiger partial charge is 0.481 e. The molecule has 19 heavy (non-hydrogen) atoms. The fraction of sp³-hybridized carbons (Fsp3) is 0.429. The van der Waals surface area contributed by atoms with Crippen LogP contribution in [0.2, 0.25) is 0 Å². The average molecular weight is 264 g/mol. The summed E-state index contributed by atoms with van der Waals surface area (Å²) in [7, 11) is 3.76. The van der Waals surface area contributed by atoms with Crippen molar-refractivity contribution in [2.45, 2.75) is 20.3 Å². The molecule has 104 valence electrons. The van der Waals surface area contributed by atoms with Gasteiger partial charge in [0.05, 0.1) is 16.8 Å². The van der Waals surface area contributed by atoms with Crippen molar-refractivity contribution in [2.75, 3.05) is 24.3 Å². The van der Waals surface area contributed by atoms with Gasteiger partial charge in [0.15, 0.2) is 0 Å². The van der Waals surface area contributed by atoms with E-state index in [-0.39, 0.29) is 12.3 Å². The highest BCUT2D eigenvalue weighted by molar-refractivity contribution is 5.96. The first-order valence-electron chi connectivity index (χ1n) is 6.03. The van der Waals surface area contributed by atoms with E-state index < -0.39 is 11.4 Å². The predicted octanol–water partition coefficient (Wildman–Crippen LogP) is 2.19. The summed E-state index contributed by atoms with van der Waals surface area (Å²) in [6, 6.07) is 7.39. The molecule has 0 heterocycles. The van der Waals surface area contributed by atoms with Crippen molar-refractivity contribution >= 4 is 23.3 Å². The number of nitrogens with one attached hydrogen (secondary N) is 1. The molecule has 0 saturated heterocycles. The van der Waals surface area contributed by atoms with E-state index >= 15 is 0 Å². The second-order valence-electron chi connectivity index (χ2n) is 5.33. The summed E-state index contributed by atoms with van der Waals surface area (Å²) < 4.78 is 0. The van der Waals surface area contributed by atoms with Crippen LogP contribution in [0.4, 0.5) is 11.4 Å². The number of nitrogens with zero attached hydrogens (tertiary/aromatic N) is 1. The van der Waals surface area contributed by atoms with Gasteiger partial charge in [-0.1, -0.05) is 12.1 Å². The van der Waals surface area contributed by atoms with E-state index in [2.05, 4.69) is 5.32 Å². The Bertz CT molecular complexity index is 481. The first-order valence-corrected chi connectivity index (χ1v) is 6.03. The number of para-hydroxylation sites is 2. The van der Waals surface area contributed by atoms with Gasteiger partial charge in [-0.15, -0.1) is 0 Å². The van der Waals surface area contributed by atoms with Crippen LogP contribution in [0.3, 0.4) is 0 Å². The number of anilines is 2. The van der Waals surface area contributed by atoms with Gasteiger partial charge in [-0.2, -0.15) is 0 Å². The monoisotopic (exact) mass is 264 g/mol. The standard InChI is InChI=1S/C14H20N2O3/c1-14(2,13(18)19)9-12(17)15-10-7-5-6-8-11(10)16(3)4/h5-8H,9H2,1-4H3,(H,15,17)(H,18,19). The van der Waals surface area contributed by atoms with Crippen molar-refractivity contribution < 1.29 is 14.7 Å². The van der Waals surface area contributed by atoms with Gasteiger partial charge in [0.25, 0.3) is 0 Å². The Balaban J connectivity index is 2.81. The highest BCUT2D eigenvalue weighted by atomic mass is 16.4. The van der Waals surface area contributed by atoms with E-state index in [9.17, 15) is 9.59 Å². The smallest absolute Gasteiger partial charge is 0.309 e. The van der Waals surface area contributed by atoms with E-state index in [4.69, 9.17) is 5.11 Å². The normalized spacial score (nSPS) is 10.9. The fourth-order valence-electron chi connectivity index (χ4n) is 1.64. The van der Waals surface area contributed by atoms with Crippen molar-refractivity contribution in [3.8, 4) is 0 Å².